The fourth-order valence-electron chi connectivity index (χ4n) is 2.59. The van der Waals surface area contributed by atoms with E-state index in [2.05, 4.69) is 21.2 Å². The predicted molar refractivity (Wildman–Crippen MR) is 79.6 cm³/mol. The summed E-state index contributed by atoms with van der Waals surface area (Å²) in [4.78, 5) is 12.6. The monoisotopic (exact) mass is 345 g/mol. The molecule has 1 N–H and O–H groups in total. The predicted octanol–water partition coefficient (Wildman–Crippen LogP) is 2.93. The van der Waals surface area contributed by atoms with Crippen LogP contribution < -0.4 is 10.2 Å². The Balaban J connectivity index is 2.21. The Hall–Kier alpha value is -1.21. The first-order valence-electron chi connectivity index (χ1n) is 6.56. The molecule has 0 unspecified atom stereocenters. The molecule has 0 radical (unpaired) electrons. The van der Waals surface area contributed by atoms with Crippen LogP contribution in [0.4, 0.5) is 15.8 Å². The number of halogens is 2. The van der Waals surface area contributed by atoms with Crippen molar-refractivity contribution in [3.8, 4) is 0 Å². The summed E-state index contributed by atoms with van der Waals surface area (Å²) in [5.41, 5.74) is 0.323. The Kier molecular flexibility index (Phi) is 4.93. The molecule has 0 atom stereocenters. The van der Waals surface area contributed by atoms with Crippen LogP contribution in [0.3, 0.4) is 0 Å². The zero-order chi connectivity index (χ0) is 14.7. The van der Waals surface area contributed by atoms with E-state index in [4.69, 9.17) is 0 Å². The lowest BCUT2D eigenvalue weighted by molar-refractivity contribution is -0.384. The molecule has 0 bridgehead atoms. The number of nitrogens with one attached hydrogen (secondary N) is 1. The van der Waals surface area contributed by atoms with Crippen molar-refractivity contribution in [2.75, 3.05) is 31.6 Å². The summed E-state index contributed by atoms with van der Waals surface area (Å²) < 4.78 is 13.8. The standard InChI is InChI=1S/C13H17BrFN3O2/c1-16-8-9-2-4-17(5-3-9)12-7-11(15)10(14)6-13(12)18(19)20/h6-7,9,16H,2-5,8H2,1H3. The van der Waals surface area contributed by atoms with Gasteiger partial charge in [0, 0.05) is 25.2 Å². The van der Waals surface area contributed by atoms with Gasteiger partial charge in [0.1, 0.15) is 11.5 Å². The molecule has 0 spiro atoms. The molecule has 110 valence electrons. The molecule has 1 fully saturated rings. The van der Waals surface area contributed by atoms with Gasteiger partial charge < -0.3 is 10.2 Å². The van der Waals surface area contributed by atoms with Crippen LogP contribution in [-0.2, 0) is 0 Å². The fraction of sp³-hybridized carbons (Fsp3) is 0.538. The number of piperidine rings is 1. The lowest BCUT2D eigenvalue weighted by atomic mass is 9.96. The van der Waals surface area contributed by atoms with Crippen LogP contribution in [0.1, 0.15) is 12.8 Å². The summed E-state index contributed by atoms with van der Waals surface area (Å²) in [7, 11) is 1.92. The van der Waals surface area contributed by atoms with Crippen LogP contribution in [0, 0.1) is 21.8 Å². The lowest BCUT2D eigenvalue weighted by Crippen LogP contribution is -2.37. The minimum absolute atomic E-state index is 0.0506. The Morgan fingerprint density at radius 3 is 2.70 bits per heavy atom. The molecular weight excluding hydrogens is 329 g/mol. The molecular formula is C13H17BrFN3O2. The van der Waals surface area contributed by atoms with Crippen LogP contribution in [0.2, 0.25) is 0 Å². The minimum atomic E-state index is -0.469. The number of anilines is 1. The lowest BCUT2D eigenvalue weighted by Gasteiger charge is -2.33. The van der Waals surface area contributed by atoms with Gasteiger partial charge in [-0.05, 0) is 48.3 Å². The first kappa shape index (κ1) is 15.2. The molecule has 5 nitrogen and oxygen atoms in total. The van der Waals surface area contributed by atoms with Crippen molar-refractivity contribution in [3.63, 3.8) is 0 Å². The number of hydrogen-bond donors (Lipinski definition) is 1. The van der Waals surface area contributed by atoms with Crippen LogP contribution >= 0.6 is 15.9 Å². The van der Waals surface area contributed by atoms with Crippen LogP contribution in [0.15, 0.2) is 16.6 Å². The second-order valence-electron chi connectivity index (χ2n) is 5.00. The first-order valence-corrected chi connectivity index (χ1v) is 7.35. The van der Waals surface area contributed by atoms with Crippen molar-refractivity contribution in [1.29, 1.82) is 0 Å². The van der Waals surface area contributed by atoms with E-state index in [0.717, 1.165) is 19.4 Å². The van der Waals surface area contributed by atoms with Gasteiger partial charge in [-0.2, -0.15) is 0 Å². The van der Waals surface area contributed by atoms with E-state index in [9.17, 15) is 14.5 Å². The average Bonchev–Trinajstić information content (AvgIpc) is 2.42. The normalized spacial score (nSPS) is 16.4. The summed E-state index contributed by atoms with van der Waals surface area (Å²) >= 11 is 3.00. The molecule has 0 saturated carbocycles. The zero-order valence-corrected chi connectivity index (χ0v) is 12.8. The quantitative estimate of drug-likeness (QED) is 0.673. The van der Waals surface area contributed by atoms with Crippen molar-refractivity contribution >= 4 is 27.3 Å². The SMILES string of the molecule is CNCC1CCN(c2cc(F)c(Br)cc2[N+](=O)[O-])CC1. The largest absolute Gasteiger partial charge is 0.366 e. The summed E-state index contributed by atoms with van der Waals surface area (Å²) in [6, 6.07) is 2.49. The Morgan fingerprint density at radius 2 is 2.15 bits per heavy atom. The minimum Gasteiger partial charge on any atom is -0.366 e. The number of hydrogen-bond acceptors (Lipinski definition) is 4. The molecule has 1 saturated heterocycles. The fourth-order valence-corrected chi connectivity index (χ4v) is 2.92. The van der Waals surface area contributed by atoms with Gasteiger partial charge in [-0.3, -0.25) is 10.1 Å². The van der Waals surface area contributed by atoms with Crippen molar-refractivity contribution < 1.29 is 9.31 Å². The van der Waals surface area contributed by atoms with Gasteiger partial charge in [-0.15, -0.1) is 0 Å². The maximum atomic E-state index is 13.7. The van der Waals surface area contributed by atoms with Crippen molar-refractivity contribution in [2.24, 2.45) is 5.92 Å². The molecule has 1 aliphatic rings. The van der Waals surface area contributed by atoms with E-state index in [0.29, 0.717) is 24.7 Å². The number of nitro benzene ring substituents is 1. The Morgan fingerprint density at radius 1 is 1.50 bits per heavy atom. The van der Waals surface area contributed by atoms with E-state index in [1.807, 2.05) is 11.9 Å². The van der Waals surface area contributed by atoms with E-state index in [1.54, 1.807) is 0 Å². The molecule has 7 heteroatoms. The summed E-state index contributed by atoms with van der Waals surface area (Å²) in [6.07, 6.45) is 1.91. The van der Waals surface area contributed by atoms with Gasteiger partial charge in [-0.1, -0.05) is 0 Å². The van der Waals surface area contributed by atoms with Crippen molar-refractivity contribution in [2.45, 2.75) is 12.8 Å². The number of nitro groups is 1. The third-order valence-electron chi connectivity index (χ3n) is 3.66. The number of rotatable bonds is 4. The molecule has 1 heterocycles. The van der Waals surface area contributed by atoms with Gasteiger partial charge in [0.25, 0.3) is 5.69 Å². The Bertz CT molecular complexity index is 505. The molecule has 1 aromatic carbocycles. The molecule has 0 aliphatic carbocycles. The Labute approximate surface area is 125 Å². The van der Waals surface area contributed by atoms with Crippen molar-refractivity contribution in [1.82, 2.24) is 5.32 Å². The van der Waals surface area contributed by atoms with Gasteiger partial charge in [-0.25, -0.2) is 4.39 Å². The topological polar surface area (TPSA) is 58.4 Å². The number of nitrogens with zero attached hydrogens (tertiary/aromatic N) is 2. The molecule has 0 amide bonds. The third kappa shape index (κ3) is 3.27. The highest BCUT2D eigenvalue weighted by molar-refractivity contribution is 9.10. The van der Waals surface area contributed by atoms with Crippen LogP contribution in [0.25, 0.3) is 0 Å². The smallest absolute Gasteiger partial charge is 0.293 e. The molecule has 2 rings (SSSR count). The molecule has 1 aliphatic heterocycles. The van der Waals surface area contributed by atoms with Gasteiger partial charge in [0.15, 0.2) is 0 Å². The van der Waals surface area contributed by atoms with Gasteiger partial charge in [0.05, 0.1) is 9.40 Å². The highest BCUT2D eigenvalue weighted by Crippen LogP contribution is 2.35. The highest BCUT2D eigenvalue weighted by atomic mass is 79.9. The summed E-state index contributed by atoms with van der Waals surface area (Å²) in [6.45, 7) is 2.38. The maximum absolute atomic E-state index is 13.7. The zero-order valence-electron chi connectivity index (χ0n) is 11.2. The summed E-state index contributed by atoms with van der Waals surface area (Å²) in [5.74, 6) is 0.110. The van der Waals surface area contributed by atoms with Crippen molar-refractivity contribution in [3.05, 3.63) is 32.5 Å². The van der Waals surface area contributed by atoms with E-state index in [-0.39, 0.29) is 10.2 Å². The first-order chi connectivity index (χ1) is 9.52. The average molecular weight is 346 g/mol. The molecule has 1 aromatic rings. The second kappa shape index (κ2) is 6.49. The highest BCUT2D eigenvalue weighted by Gasteiger charge is 2.26. The third-order valence-corrected chi connectivity index (χ3v) is 4.27. The van der Waals surface area contributed by atoms with Gasteiger partial charge in [0.2, 0.25) is 0 Å². The second-order valence-corrected chi connectivity index (χ2v) is 5.85. The van der Waals surface area contributed by atoms with Crippen LogP contribution in [0.5, 0.6) is 0 Å². The van der Waals surface area contributed by atoms with Crippen LogP contribution in [-0.4, -0.2) is 31.6 Å². The van der Waals surface area contributed by atoms with E-state index < -0.39 is 10.7 Å². The molecule has 0 aromatic heterocycles. The summed E-state index contributed by atoms with van der Waals surface area (Å²) in [5, 5.41) is 14.3. The van der Waals surface area contributed by atoms with E-state index in [1.165, 1.54) is 12.1 Å². The molecule has 20 heavy (non-hydrogen) atoms. The van der Waals surface area contributed by atoms with Gasteiger partial charge >= 0.3 is 0 Å². The van der Waals surface area contributed by atoms with E-state index >= 15 is 0 Å². The maximum Gasteiger partial charge on any atom is 0.293 e. The number of benzene rings is 1.